The van der Waals surface area contributed by atoms with Crippen LogP contribution in [0.5, 0.6) is 0 Å². The molecule has 5 heterocycles. The fourth-order valence-corrected chi connectivity index (χ4v) is 7.12. The van der Waals surface area contributed by atoms with Gasteiger partial charge in [0, 0.05) is 26.2 Å². The number of rotatable bonds is 3. The molecule has 1 spiro atoms. The van der Waals surface area contributed by atoms with Crippen molar-refractivity contribution in [2.24, 2.45) is 23.7 Å². The third kappa shape index (κ3) is 2.49. The smallest absolute Gasteiger partial charge is 0.263 e. The number of amides is 3. The van der Waals surface area contributed by atoms with Crippen molar-refractivity contribution in [1.82, 2.24) is 15.1 Å². The second kappa shape index (κ2) is 6.40. The number of hydrogen-bond acceptors (Lipinski definition) is 5. The van der Waals surface area contributed by atoms with Gasteiger partial charge in [-0.05, 0) is 36.1 Å². The number of ether oxygens (including phenoxy) is 1. The molecule has 4 bridgehead atoms. The summed E-state index contributed by atoms with van der Waals surface area (Å²) in [7, 11) is 1.77. The maximum absolute atomic E-state index is 13.3. The molecule has 4 aliphatic heterocycles. The van der Waals surface area contributed by atoms with E-state index in [4.69, 9.17) is 4.74 Å². The van der Waals surface area contributed by atoms with Gasteiger partial charge in [0.05, 0.1) is 29.4 Å². The van der Waals surface area contributed by atoms with Crippen molar-refractivity contribution < 1.29 is 19.1 Å². The number of carbonyl (C=O) groups is 3. The molecule has 5 aliphatic rings. The van der Waals surface area contributed by atoms with Crippen LogP contribution in [0.25, 0.3) is 0 Å². The lowest BCUT2D eigenvalue weighted by molar-refractivity contribution is -0.137. The van der Waals surface area contributed by atoms with Crippen LogP contribution in [0.15, 0.2) is 29.7 Å². The molecule has 3 saturated heterocycles. The summed E-state index contributed by atoms with van der Waals surface area (Å²) in [6, 6.07) is 3.84. The fraction of sp³-hybridized carbons (Fsp3) is 0.591. The molecular formula is C22H25N3O4S. The molecule has 158 valence electrons. The molecule has 1 aromatic heterocycles. The standard InChI is InChI=1S/C22H25N3O4S/c1-24-11-22-7-6-14(29-22)16(17(22)21(24)28)19(26)23-18-12-4-5-13(18)10-25(9-12)20(27)15-3-2-8-30-15/h2-3,6-8,12-14,16-18H,4-5,9-11H2,1H3,(H,23,26)/t12-,13+,14-,16-,17+,18?,22-/m0/s1. The Morgan fingerprint density at radius 1 is 1.27 bits per heavy atom. The minimum atomic E-state index is -0.631. The number of fused-ring (bicyclic) bond motifs is 3. The van der Waals surface area contributed by atoms with E-state index in [1.165, 1.54) is 11.3 Å². The molecule has 7 nitrogen and oxygen atoms in total. The number of nitrogens with zero attached hydrogens (tertiary/aromatic N) is 2. The summed E-state index contributed by atoms with van der Waals surface area (Å²) >= 11 is 1.47. The van der Waals surface area contributed by atoms with Crippen LogP contribution in [0.3, 0.4) is 0 Å². The van der Waals surface area contributed by atoms with Crippen molar-refractivity contribution in [1.29, 1.82) is 0 Å². The number of likely N-dealkylation sites (N-methyl/N-ethyl adjacent to an activating group) is 1. The van der Waals surface area contributed by atoms with Crippen LogP contribution in [0.4, 0.5) is 0 Å². The van der Waals surface area contributed by atoms with E-state index >= 15 is 0 Å². The van der Waals surface area contributed by atoms with Gasteiger partial charge in [-0.15, -0.1) is 11.3 Å². The quantitative estimate of drug-likeness (QED) is 0.734. The summed E-state index contributed by atoms with van der Waals surface area (Å²) in [6.07, 6.45) is 5.65. The Bertz CT molecular complexity index is 932. The molecule has 0 aromatic carbocycles. The summed E-state index contributed by atoms with van der Waals surface area (Å²) in [5.41, 5.74) is -0.631. The molecule has 6 rings (SSSR count). The van der Waals surface area contributed by atoms with E-state index in [1.807, 2.05) is 34.6 Å². The predicted octanol–water partition coefficient (Wildman–Crippen LogP) is 1.13. The lowest BCUT2D eigenvalue weighted by atomic mass is 9.76. The Labute approximate surface area is 179 Å². The zero-order valence-corrected chi connectivity index (χ0v) is 17.6. The van der Waals surface area contributed by atoms with Gasteiger partial charge in [0.2, 0.25) is 11.8 Å². The van der Waals surface area contributed by atoms with Crippen molar-refractivity contribution in [3.05, 3.63) is 34.5 Å². The van der Waals surface area contributed by atoms with E-state index < -0.39 is 17.4 Å². The van der Waals surface area contributed by atoms with Crippen LogP contribution in [-0.2, 0) is 14.3 Å². The first-order chi connectivity index (χ1) is 14.5. The van der Waals surface area contributed by atoms with Gasteiger partial charge in [-0.2, -0.15) is 0 Å². The Hall–Kier alpha value is -2.19. The number of carbonyl (C=O) groups excluding carboxylic acids is 3. The van der Waals surface area contributed by atoms with E-state index in [1.54, 1.807) is 11.9 Å². The molecular weight excluding hydrogens is 402 g/mol. The van der Waals surface area contributed by atoms with Gasteiger partial charge in [-0.25, -0.2) is 0 Å². The van der Waals surface area contributed by atoms with Gasteiger partial charge in [-0.1, -0.05) is 18.2 Å². The summed E-state index contributed by atoms with van der Waals surface area (Å²) in [6.45, 7) is 1.87. The highest BCUT2D eigenvalue weighted by Crippen LogP contribution is 2.51. The zero-order valence-electron chi connectivity index (χ0n) is 16.8. The molecule has 1 aliphatic carbocycles. The SMILES string of the molecule is CN1C[C@]23C=C[C@H](O2)[C@H](C(=O)NC2[C@@H]4CC[C@H]2CN(C(=O)c2cccs2)C4)[C@@H]3C1=O. The molecule has 7 atom stereocenters. The zero-order chi connectivity index (χ0) is 20.6. The molecule has 30 heavy (non-hydrogen) atoms. The first-order valence-electron chi connectivity index (χ1n) is 10.7. The Kier molecular flexibility index (Phi) is 3.96. The lowest BCUT2D eigenvalue weighted by Gasteiger charge is -2.39. The van der Waals surface area contributed by atoms with E-state index in [2.05, 4.69) is 5.32 Å². The molecule has 1 aromatic rings. The van der Waals surface area contributed by atoms with Crippen molar-refractivity contribution in [2.45, 2.75) is 30.6 Å². The van der Waals surface area contributed by atoms with E-state index in [9.17, 15) is 14.4 Å². The molecule has 4 fully saturated rings. The van der Waals surface area contributed by atoms with Crippen LogP contribution in [0, 0.1) is 23.7 Å². The molecule has 1 N–H and O–H groups in total. The first-order valence-corrected chi connectivity index (χ1v) is 11.6. The van der Waals surface area contributed by atoms with Gasteiger partial charge in [0.1, 0.15) is 5.60 Å². The monoisotopic (exact) mass is 427 g/mol. The van der Waals surface area contributed by atoms with E-state index in [0.29, 0.717) is 19.6 Å². The minimum Gasteiger partial charge on any atom is -0.360 e. The van der Waals surface area contributed by atoms with Gasteiger partial charge < -0.3 is 19.9 Å². The largest absolute Gasteiger partial charge is 0.360 e. The number of thiophene rings is 1. The third-order valence-corrected chi connectivity index (χ3v) is 8.61. The Balaban J connectivity index is 1.17. The molecule has 3 amide bonds. The second-order valence-corrected chi connectivity index (χ2v) is 10.4. The maximum atomic E-state index is 13.3. The first kappa shape index (κ1) is 18.6. The summed E-state index contributed by atoms with van der Waals surface area (Å²) in [5, 5.41) is 5.21. The highest BCUT2D eigenvalue weighted by atomic mass is 32.1. The predicted molar refractivity (Wildman–Crippen MR) is 110 cm³/mol. The second-order valence-electron chi connectivity index (χ2n) is 9.41. The fourth-order valence-electron chi connectivity index (χ4n) is 6.43. The third-order valence-electron chi connectivity index (χ3n) is 7.75. The Morgan fingerprint density at radius 2 is 2.03 bits per heavy atom. The van der Waals surface area contributed by atoms with Crippen LogP contribution in [0.1, 0.15) is 22.5 Å². The number of piperidine rings is 1. The summed E-state index contributed by atoms with van der Waals surface area (Å²) in [4.78, 5) is 43.3. The van der Waals surface area contributed by atoms with Crippen molar-refractivity contribution in [2.75, 3.05) is 26.7 Å². The Morgan fingerprint density at radius 3 is 2.73 bits per heavy atom. The maximum Gasteiger partial charge on any atom is 0.263 e. The van der Waals surface area contributed by atoms with E-state index in [0.717, 1.165) is 17.7 Å². The normalized spacial score (nSPS) is 40.9. The number of hydrogen-bond donors (Lipinski definition) is 1. The average molecular weight is 428 g/mol. The van der Waals surface area contributed by atoms with Crippen LogP contribution >= 0.6 is 11.3 Å². The highest BCUT2D eigenvalue weighted by Gasteiger charge is 2.66. The lowest BCUT2D eigenvalue weighted by Crippen LogP contribution is -2.56. The van der Waals surface area contributed by atoms with Crippen molar-refractivity contribution >= 4 is 29.1 Å². The highest BCUT2D eigenvalue weighted by molar-refractivity contribution is 7.12. The van der Waals surface area contributed by atoms with Crippen molar-refractivity contribution in [3.63, 3.8) is 0 Å². The summed E-state index contributed by atoms with van der Waals surface area (Å²) < 4.78 is 6.12. The summed E-state index contributed by atoms with van der Waals surface area (Å²) in [5.74, 6) is -0.320. The van der Waals surface area contributed by atoms with Crippen LogP contribution < -0.4 is 5.32 Å². The topological polar surface area (TPSA) is 79.0 Å². The van der Waals surface area contributed by atoms with Crippen LogP contribution in [-0.4, -0.2) is 72.0 Å². The van der Waals surface area contributed by atoms with Gasteiger partial charge in [0.25, 0.3) is 5.91 Å². The molecule has 8 heteroatoms. The van der Waals surface area contributed by atoms with Gasteiger partial charge >= 0.3 is 0 Å². The molecule has 1 saturated carbocycles. The minimum absolute atomic E-state index is 0.00124. The number of likely N-dealkylation sites (tertiary alicyclic amines) is 2. The van der Waals surface area contributed by atoms with Gasteiger partial charge in [-0.3, -0.25) is 14.4 Å². The van der Waals surface area contributed by atoms with Crippen LogP contribution in [0.2, 0.25) is 0 Å². The molecule has 1 unspecified atom stereocenters. The molecule has 0 radical (unpaired) electrons. The average Bonchev–Trinajstić information content (AvgIpc) is 3.52. The van der Waals surface area contributed by atoms with E-state index in [-0.39, 0.29) is 41.7 Å². The van der Waals surface area contributed by atoms with Gasteiger partial charge in [0.15, 0.2) is 0 Å². The van der Waals surface area contributed by atoms with Crippen molar-refractivity contribution in [3.8, 4) is 0 Å². The number of nitrogens with one attached hydrogen (secondary N) is 1.